The molecule has 0 saturated carbocycles. The van der Waals surface area contributed by atoms with Crippen LogP contribution in [0.3, 0.4) is 0 Å². The van der Waals surface area contributed by atoms with Crippen molar-refractivity contribution in [2.24, 2.45) is 0 Å². The predicted octanol–water partition coefficient (Wildman–Crippen LogP) is 4.55. The average Bonchev–Trinajstić information content (AvgIpc) is 2.54. The molecule has 128 valence electrons. The van der Waals surface area contributed by atoms with Crippen molar-refractivity contribution in [3.05, 3.63) is 71.3 Å². The molecule has 2 rings (SSSR count). The Labute approximate surface area is 145 Å². The monoisotopic (exact) mass is 343 g/mol. The second-order valence-electron chi connectivity index (χ2n) is 5.94. The van der Waals surface area contributed by atoms with Gasteiger partial charge in [0, 0.05) is 12.1 Å². The standard InChI is InChI=1S/C20H25NO2S/c1-4-5-15-21(24(3,22)23)20(16-18-12-7-6-8-13-18)19-14-10-9-11-17(19)2/h6-14,16H,4-5,15H2,1-3H3/b20-16+. The van der Waals surface area contributed by atoms with E-state index < -0.39 is 10.0 Å². The van der Waals surface area contributed by atoms with E-state index in [4.69, 9.17) is 0 Å². The summed E-state index contributed by atoms with van der Waals surface area (Å²) >= 11 is 0. The van der Waals surface area contributed by atoms with Crippen molar-refractivity contribution in [2.75, 3.05) is 12.8 Å². The largest absolute Gasteiger partial charge is 0.270 e. The smallest absolute Gasteiger partial charge is 0.232 e. The summed E-state index contributed by atoms with van der Waals surface area (Å²) < 4.78 is 26.4. The topological polar surface area (TPSA) is 37.4 Å². The van der Waals surface area contributed by atoms with Crippen molar-refractivity contribution in [1.29, 1.82) is 0 Å². The number of benzene rings is 2. The van der Waals surface area contributed by atoms with Crippen LogP contribution in [0.25, 0.3) is 11.8 Å². The lowest BCUT2D eigenvalue weighted by atomic mass is 10.0. The van der Waals surface area contributed by atoms with Gasteiger partial charge in [0.25, 0.3) is 0 Å². The first-order valence-electron chi connectivity index (χ1n) is 8.24. The van der Waals surface area contributed by atoms with Crippen LogP contribution < -0.4 is 0 Å². The molecule has 0 amide bonds. The van der Waals surface area contributed by atoms with Crippen LogP contribution in [0.1, 0.15) is 36.5 Å². The Morgan fingerprint density at radius 1 is 1.04 bits per heavy atom. The van der Waals surface area contributed by atoms with Crippen LogP contribution in [-0.2, 0) is 10.0 Å². The maximum absolute atomic E-state index is 12.4. The van der Waals surface area contributed by atoms with Crippen LogP contribution in [0.4, 0.5) is 0 Å². The summed E-state index contributed by atoms with van der Waals surface area (Å²) in [6, 6.07) is 17.7. The summed E-state index contributed by atoms with van der Waals surface area (Å²) in [7, 11) is -3.36. The van der Waals surface area contributed by atoms with Crippen LogP contribution >= 0.6 is 0 Å². The van der Waals surface area contributed by atoms with Gasteiger partial charge in [-0.1, -0.05) is 67.9 Å². The molecule has 0 atom stereocenters. The van der Waals surface area contributed by atoms with Gasteiger partial charge in [-0.05, 0) is 30.5 Å². The third-order valence-electron chi connectivity index (χ3n) is 3.91. The molecule has 4 heteroatoms. The molecule has 0 aliphatic carbocycles. The van der Waals surface area contributed by atoms with Gasteiger partial charge >= 0.3 is 0 Å². The number of hydrogen-bond acceptors (Lipinski definition) is 2. The fourth-order valence-electron chi connectivity index (χ4n) is 2.62. The fourth-order valence-corrected chi connectivity index (χ4v) is 3.59. The Hall–Kier alpha value is -2.07. The normalized spacial score (nSPS) is 12.2. The van der Waals surface area contributed by atoms with Gasteiger partial charge in [-0.25, -0.2) is 8.42 Å². The Kier molecular flexibility index (Phi) is 6.21. The molecule has 0 fully saturated rings. The summed E-state index contributed by atoms with van der Waals surface area (Å²) in [5.74, 6) is 0. The van der Waals surface area contributed by atoms with Crippen molar-refractivity contribution in [2.45, 2.75) is 26.7 Å². The molecule has 0 saturated heterocycles. The highest BCUT2D eigenvalue weighted by Crippen LogP contribution is 2.27. The van der Waals surface area contributed by atoms with Gasteiger partial charge in [0.15, 0.2) is 0 Å². The Morgan fingerprint density at radius 2 is 1.67 bits per heavy atom. The highest BCUT2D eigenvalue weighted by atomic mass is 32.2. The molecule has 0 aliphatic heterocycles. The molecule has 0 heterocycles. The van der Waals surface area contributed by atoms with Crippen molar-refractivity contribution >= 4 is 21.8 Å². The van der Waals surface area contributed by atoms with E-state index in [0.29, 0.717) is 6.54 Å². The summed E-state index contributed by atoms with van der Waals surface area (Å²) in [5, 5.41) is 0. The summed E-state index contributed by atoms with van der Waals surface area (Å²) in [4.78, 5) is 0. The molecule has 0 bridgehead atoms. The van der Waals surface area contributed by atoms with Gasteiger partial charge in [0.05, 0.1) is 12.0 Å². The van der Waals surface area contributed by atoms with Gasteiger partial charge in [0.1, 0.15) is 0 Å². The third kappa shape index (κ3) is 4.71. The van der Waals surface area contributed by atoms with Crippen LogP contribution in [0, 0.1) is 6.92 Å². The van der Waals surface area contributed by atoms with Crippen molar-refractivity contribution in [3.8, 4) is 0 Å². The SMILES string of the molecule is CCCCN(/C(=C/c1ccccc1)c1ccccc1C)S(C)(=O)=O. The molecule has 24 heavy (non-hydrogen) atoms. The van der Waals surface area contributed by atoms with E-state index in [9.17, 15) is 8.42 Å². The van der Waals surface area contributed by atoms with Gasteiger partial charge in [-0.3, -0.25) is 4.31 Å². The van der Waals surface area contributed by atoms with Crippen LogP contribution in [-0.4, -0.2) is 25.5 Å². The fraction of sp³-hybridized carbons (Fsp3) is 0.300. The number of rotatable bonds is 7. The average molecular weight is 343 g/mol. The van der Waals surface area contributed by atoms with E-state index in [0.717, 1.165) is 35.2 Å². The summed E-state index contributed by atoms with van der Waals surface area (Å²) in [6.45, 7) is 4.56. The quantitative estimate of drug-likeness (QED) is 0.691. The van der Waals surface area contributed by atoms with E-state index in [1.54, 1.807) is 0 Å². The molecule has 0 aromatic heterocycles. The lowest BCUT2D eigenvalue weighted by Gasteiger charge is -2.26. The Balaban J connectivity index is 2.61. The minimum absolute atomic E-state index is 0.488. The zero-order valence-corrected chi connectivity index (χ0v) is 15.4. The lowest BCUT2D eigenvalue weighted by molar-refractivity contribution is 0.505. The van der Waals surface area contributed by atoms with E-state index in [1.807, 2.05) is 67.6 Å². The van der Waals surface area contributed by atoms with Crippen molar-refractivity contribution in [1.82, 2.24) is 4.31 Å². The molecule has 2 aromatic rings. The molecule has 0 N–H and O–H groups in total. The van der Waals surface area contributed by atoms with Crippen LogP contribution in [0.2, 0.25) is 0 Å². The van der Waals surface area contributed by atoms with E-state index in [-0.39, 0.29) is 0 Å². The molecule has 0 radical (unpaired) electrons. The zero-order chi connectivity index (χ0) is 17.6. The van der Waals surface area contributed by atoms with E-state index in [2.05, 4.69) is 6.92 Å². The first-order valence-corrected chi connectivity index (χ1v) is 10.1. The van der Waals surface area contributed by atoms with Gasteiger partial charge in [0.2, 0.25) is 10.0 Å². The molecule has 0 aliphatic rings. The maximum atomic E-state index is 12.4. The van der Waals surface area contributed by atoms with Crippen molar-refractivity contribution in [3.63, 3.8) is 0 Å². The van der Waals surface area contributed by atoms with Crippen LogP contribution in [0.15, 0.2) is 54.6 Å². The van der Waals surface area contributed by atoms with Gasteiger partial charge in [-0.15, -0.1) is 0 Å². The van der Waals surface area contributed by atoms with Crippen LogP contribution in [0.5, 0.6) is 0 Å². The number of sulfonamides is 1. The van der Waals surface area contributed by atoms with Gasteiger partial charge < -0.3 is 0 Å². The predicted molar refractivity (Wildman–Crippen MR) is 102 cm³/mol. The van der Waals surface area contributed by atoms with Gasteiger partial charge in [-0.2, -0.15) is 0 Å². The number of nitrogens with zero attached hydrogens (tertiary/aromatic N) is 1. The summed E-state index contributed by atoms with van der Waals surface area (Å²) in [5.41, 5.74) is 3.73. The number of aryl methyl sites for hydroxylation is 1. The zero-order valence-electron chi connectivity index (χ0n) is 14.6. The van der Waals surface area contributed by atoms with E-state index >= 15 is 0 Å². The highest BCUT2D eigenvalue weighted by Gasteiger charge is 2.21. The molecular formula is C20H25NO2S. The molecule has 3 nitrogen and oxygen atoms in total. The third-order valence-corrected chi connectivity index (χ3v) is 5.09. The second-order valence-corrected chi connectivity index (χ2v) is 7.85. The number of hydrogen-bond donors (Lipinski definition) is 0. The second kappa shape index (κ2) is 8.15. The molecular weight excluding hydrogens is 318 g/mol. The number of unbranched alkanes of at least 4 members (excludes halogenated alkanes) is 1. The first-order chi connectivity index (χ1) is 11.4. The molecule has 0 spiro atoms. The van der Waals surface area contributed by atoms with E-state index in [1.165, 1.54) is 10.6 Å². The van der Waals surface area contributed by atoms with Crippen molar-refractivity contribution < 1.29 is 8.42 Å². The minimum atomic E-state index is -3.36. The maximum Gasteiger partial charge on any atom is 0.232 e. The highest BCUT2D eigenvalue weighted by molar-refractivity contribution is 7.88. The lowest BCUT2D eigenvalue weighted by Crippen LogP contribution is -2.29. The Bertz CT molecular complexity index is 795. The molecule has 0 unspecified atom stereocenters. The molecule has 2 aromatic carbocycles. The minimum Gasteiger partial charge on any atom is -0.270 e. The first kappa shape index (κ1) is 18.3. The Morgan fingerprint density at radius 3 is 2.25 bits per heavy atom. The summed E-state index contributed by atoms with van der Waals surface area (Å²) in [6.07, 6.45) is 5.00.